The number of hydrogen-bond acceptors (Lipinski definition) is 6. The van der Waals surface area contributed by atoms with Crippen LogP contribution in [0.2, 0.25) is 0 Å². The van der Waals surface area contributed by atoms with Gasteiger partial charge in [0.15, 0.2) is 10.9 Å². The van der Waals surface area contributed by atoms with Crippen molar-refractivity contribution in [2.75, 3.05) is 18.1 Å². The molecule has 17 heavy (non-hydrogen) atoms. The Hall–Kier alpha value is 0.0900. The molecular formula is C11H18O4S2. The summed E-state index contributed by atoms with van der Waals surface area (Å²) < 4.78 is 10.7. The summed E-state index contributed by atoms with van der Waals surface area (Å²) >= 11 is 3.28. The SMILES string of the molecule is CC1COC(C(=O)OC2SCCS2)C(C)C1O. The normalized spacial score (nSPS) is 39.2. The molecule has 1 N–H and O–H groups in total. The molecule has 2 saturated heterocycles. The number of hydrogen-bond donors (Lipinski definition) is 1. The minimum atomic E-state index is -0.622. The van der Waals surface area contributed by atoms with Crippen LogP contribution in [0.5, 0.6) is 0 Å². The van der Waals surface area contributed by atoms with Crippen molar-refractivity contribution in [2.45, 2.75) is 30.8 Å². The summed E-state index contributed by atoms with van der Waals surface area (Å²) in [6.45, 7) is 4.17. The van der Waals surface area contributed by atoms with Crippen molar-refractivity contribution < 1.29 is 19.4 Å². The van der Waals surface area contributed by atoms with Gasteiger partial charge in [-0.05, 0) is 0 Å². The Morgan fingerprint density at radius 1 is 1.35 bits per heavy atom. The van der Waals surface area contributed by atoms with Gasteiger partial charge in [0.05, 0.1) is 12.7 Å². The maximum atomic E-state index is 11.9. The van der Waals surface area contributed by atoms with Gasteiger partial charge in [-0.25, -0.2) is 4.79 Å². The van der Waals surface area contributed by atoms with Crippen molar-refractivity contribution in [3.63, 3.8) is 0 Å². The number of rotatable bonds is 2. The second kappa shape index (κ2) is 5.82. The van der Waals surface area contributed by atoms with E-state index in [2.05, 4.69) is 0 Å². The van der Waals surface area contributed by atoms with Crippen molar-refractivity contribution in [2.24, 2.45) is 11.8 Å². The average molecular weight is 278 g/mol. The van der Waals surface area contributed by atoms with Crippen LogP contribution in [0.25, 0.3) is 0 Å². The molecule has 4 unspecified atom stereocenters. The van der Waals surface area contributed by atoms with Crippen molar-refractivity contribution in [1.82, 2.24) is 0 Å². The number of aliphatic hydroxyl groups excluding tert-OH is 1. The monoisotopic (exact) mass is 278 g/mol. The van der Waals surface area contributed by atoms with E-state index in [9.17, 15) is 9.90 Å². The van der Waals surface area contributed by atoms with Crippen molar-refractivity contribution in [3.8, 4) is 0 Å². The summed E-state index contributed by atoms with van der Waals surface area (Å²) in [7, 11) is 0. The molecule has 2 aliphatic rings. The van der Waals surface area contributed by atoms with Gasteiger partial charge in [-0.1, -0.05) is 13.8 Å². The molecule has 0 saturated carbocycles. The van der Waals surface area contributed by atoms with Gasteiger partial charge in [-0.2, -0.15) is 0 Å². The molecule has 2 rings (SSSR count). The molecule has 0 aliphatic carbocycles. The summed E-state index contributed by atoms with van der Waals surface area (Å²) in [5, 5.41) is 9.93. The van der Waals surface area contributed by atoms with E-state index in [1.165, 1.54) is 0 Å². The maximum Gasteiger partial charge on any atom is 0.337 e. The van der Waals surface area contributed by atoms with E-state index >= 15 is 0 Å². The molecule has 0 spiro atoms. The Kier molecular flexibility index (Phi) is 4.63. The zero-order valence-corrected chi connectivity index (χ0v) is 11.6. The lowest BCUT2D eigenvalue weighted by Crippen LogP contribution is -2.48. The van der Waals surface area contributed by atoms with Gasteiger partial charge in [0.25, 0.3) is 0 Å². The molecule has 6 heteroatoms. The van der Waals surface area contributed by atoms with Gasteiger partial charge in [-0.3, -0.25) is 0 Å². The Bertz CT molecular complexity index is 281. The first-order valence-corrected chi connectivity index (χ1v) is 7.92. The lowest BCUT2D eigenvalue weighted by atomic mass is 9.87. The highest BCUT2D eigenvalue weighted by Crippen LogP contribution is 2.34. The first-order chi connectivity index (χ1) is 8.09. The fraction of sp³-hybridized carbons (Fsp3) is 0.909. The Morgan fingerprint density at radius 2 is 2.00 bits per heavy atom. The van der Waals surface area contributed by atoms with E-state index in [-0.39, 0.29) is 22.6 Å². The topological polar surface area (TPSA) is 55.8 Å². The minimum Gasteiger partial charge on any atom is -0.439 e. The van der Waals surface area contributed by atoms with Gasteiger partial charge in [-0.15, -0.1) is 23.5 Å². The standard InChI is InChI=1S/C11H18O4S2/c1-6-5-14-9(7(2)8(6)12)10(13)15-11-16-3-4-17-11/h6-9,11-12H,3-5H2,1-2H3. The molecule has 2 fully saturated rings. The smallest absolute Gasteiger partial charge is 0.337 e. The Morgan fingerprint density at radius 3 is 2.65 bits per heavy atom. The molecular weight excluding hydrogens is 260 g/mol. The molecule has 0 amide bonds. The van der Waals surface area contributed by atoms with E-state index in [0.717, 1.165) is 11.5 Å². The number of thioether (sulfide) groups is 2. The molecule has 4 nitrogen and oxygen atoms in total. The number of aliphatic hydroxyl groups is 1. The van der Waals surface area contributed by atoms with E-state index in [1.54, 1.807) is 23.5 Å². The van der Waals surface area contributed by atoms with Gasteiger partial charge in [0.2, 0.25) is 0 Å². The third-order valence-corrected chi connectivity index (χ3v) is 5.87. The molecule has 0 radical (unpaired) electrons. The highest BCUT2D eigenvalue weighted by atomic mass is 32.2. The van der Waals surface area contributed by atoms with Crippen LogP contribution in [-0.2, 0) is 14.3 Å². The Balaban J connectivity index is 1.90. The van der Waals surface area contributed by atoms with Crippen LogP contribution in [0.15, 0.2) is 0 Å². The molecule has 0 aromatic heterocycles. The number of ether oxygens (including phenoxy) is 2. The van der Waals surface area contributed by atoms with Crippen molar-refractivity contribution in [3.05, 3.63) is 0 Å². The van der Waals surface area contributed by atoms with Gasteiger partial charge in [0.1, 0.15) is 0 Å². The number of esters is 1. The molecule has 4 atom stereocenters. The highest BCUT2D eigenvalue weighted by molar-refractivity contribution is 8.19. The molecule has 0 aromatic carbocycles. The third kappa shape index (κ3) is 3.10. The maximum absolute atomic E-state index is 11.9. The molecule has 0 aromatic rings. The van der Waals surface area contributed by atoms with Crippen LogP contribution in [0.4, 0.5) is 0 Å². The minimum absolute atomic E-state index is 0.0734. The summed E-state index contributed by atoms with van der Waals surface area (Å²) in [5.74, 6) is 1.56. The first kappa shape index (κ1) is 13.5. The lowest BCUT2D eigenvalue weighted by molar-refractivity contribution is -0.176. The number of carbonyl (C=O) groups is 1. The van der Waals surface area contributed by atoms with E-state index in [0.29, 0.717) is 6.61 Å². The van der Waals surface area contributed by atoms with Crippen LogP contribution in [-0.4, -0.2) is 46.2 Å². The fourth-order valence-electron chi connectivity index (χ4n) is 2.05. The van der Waals surface area contributed by atoms with Crippen LogP contribution >= 0.6 is 23.5 Å². The van der Waals surface area contributed by atoms with Crippen LogP contribution < -0.4 is 0 Å². The zero-order valence-electron chi connectivity index (χ0n) is 10.00. The Labute approximate surface area is 110 Å². The summed E-state index contributed by atoms with van der Waals surface area (Å²) in [6, 6.07) is 0. The van der Waals surface area contributed by atoms with E-state index in [4.69, 9.17) is 9.47 Å². The van der Waals surface area contributed by atoms with E-state index in [1.807, 2.05) is 13.8 Å². The molecule has 98 valence electrons. The lowest BCUT2D eigenvalue weighted by Gasteiger charge is -2.36. The number of carbonyl (C=O) groups excluding carboxylic acids is 1. The first-order valence-electron chi connectivity index (χ1n) is 5.83. The second-order valence-electron chi connectivity index (χ2n) is 4.55. The van der Waals surface area contributed by atoms with Gasteiger partial charge >= 0.3 is 5.97 Å². The summed E-state index contributed by atoms with van der Waals surface area (Å²) in [5.41, 5.74) is 0. The molecule has 0 bridgehead atoms. The van der Waals surface area contributed by atoms with Crippen LogP contribution in [0.3, 0.4) is 0 Å². The molecule has 2 heterocycles. The van der Waals surface area contributed by atoms with Crippen molar-refractivity contribution in [1.29, 1.82) is 0 Å². The highest BCUT2D eigenvalue weighted by Gasteiger charge is 2.40. The second-order valence-corrected chi connectivity index (χ2v) is 7.19. The zero-order chi connectivity index (χ0) is 12.4. The summed E-state index contributed by atoms with van der Waals surface area (Å²) in [4.78, 5) is 11.9. The molecule has 2 aliphatic heterocycles. The third-order valence-electron chi connectivity index (χ3n) is 3.17. The predicted molar refractivity (Wildman–Crippen MR) is 68.9 cm³/mol. The predicted octanol–water partition coefficient (Wildman–Crippen LogP) is 1.33. The summed E-state index contributed by atoms with van der Waals surface area (Å²) in [6.07, 6.45) is -1.12. The van der Waals surface area contributed by atoms with Crippen molar-refractivity contribution >= 4 is 29.5 Å². The quantitative estimate of drug-likeness (QED) is 0.769. The van der Waals surface area contributed by atoms with Gasteiger partial charge in [0, 0.05) is 23.3 Å². The van der Waals surface area contributed by atoms with Crippen LogP contribution in [0, 0.1) is 11.8 Å². The van der Waals surface area contributed by atoms with E-state index < -0.39 is 12.2 Å². The average Bonchev–Trinajstić information content (AvgIpc) is 2.78. The largest absolute Gasteiger partial charge is 0.439 e. The van der Waals surface area contributed by atoms with Gasteiger partial charge < -0.3 is 14.6 Å². The van der Waals surface area contributed by atoms with Crippen LogP contribution in [0.1, 0.15) is 13.8 Å². The fourth-order valence-corrected chi connectivity index (χ4v) is 4.50.